The predicted octanol–water partition coefficient (Wildman–Crippen LogP) is 1.89. The third kappa shape index (κ3) is 4.94. The fourth-order valence-corrected chi connectivity index (χ4v) is 2.79. The molecule has 0 heterocycles. The monoisotopic (exact) mass is 330 g/mol. The zero-order chi connectivity index (χ0) is 17.5. The number of hydrogen-bond donors (Lipinski definition) is 2. The molecule has 0 saturated heterocycles. The summed E-state index contributed by atoms with van der Waals surface area (Å²) >= 11 is 0. The Morgan fingerprint density at radius 2 is 1.92 bits per heavy atom. The molecule has 0 aromatic heterocycles. The normalized spacial score (nSPS) is 13.7. The summed E-state index contributed by atoms with van der Waals surface area (Å²) in [6, 6.07) is 13.9. The predicted molar refractivity (Wildman–Crippen MR) is 96.2 cm³/mol. The lowest BCUT2D eigenvalue weighted by Gasteiger charge is -2.23. The number of benzene rings is 2. The molecule has 0 bridgehead atoms. The second kappa shape index (κ2) is 8.66. The van der Waals surface area contributed by atoms with Gasteiger partial charge in [-0.2, -0.15) is 0 Å². The standard InChI is InChI=1S/C19H26N2O3/c1-14(19(23)20-2)11-21(3)12-16(22)13-24-18-10-6-8-15-7-4-5-9-17(15)18/h4-10,14,16,22H,11-13H2,1-3H3,(H,20,23). The van der Waals surface area contributed by atoms with Gasteiger partial charge in [-0.1, -0.05) is 43.3 Å². The van der Waals surface area contributed by atoms with Gasteiger partial charge in [0.2, 0.25) is 5.91 Å². The molecule has 24 heavy (non-hydrogen) atoms. The van der Waals surface area contributed by atoms with E-state index < -0.39 is 6.10 Å². The number of aliphatic hydroxyl groups excluding tert-OH is 1. The summed E-state index contributed by atoms with van der Waals surface area (Å²) in [5, 5.41) is 15.0. The van der Waals surface area contributed by atoms with Crippen LogP contribution in [0.15, 0.2) is 42.5 Å². The SMILES string of the molecule is CNC(=O)C(C)CN(C)CC(O)COc1cccc2ccccc12. The molecule has 5 heteroatoms. The molecule has 2 unspecified atom stereocenters. The topological polar surface area (TPSA) is 61.8 Å². The van der Waals surface area contributed by atoms with Gasteiger partial charge in [0.25, 0.3) is 0 Å². The number of amides is 1. The number of nitrogens with zero attached hydrogens (tertiary/aromatic N) is 1. The molecule has 2 N–H and O–H groups in total. The first kappa shape index (κ1) is 18.2. The molecule has 2 rings (SSSR count). The average molecular weight is 330 g/mol. The van der Waals surface area contributed by atoms with Gasteiger partial charge in [0.1, 0.15) is 18.5 Å². The zero-order valence-electron chi connectivity index (χ0n) is 14.5. The second-order valence-corrected chi connectivity index (χ2v) is 6.18. The Morgan fingerprint density at radius 3 is 2.67 bits per heavy atom. The van der Waals surface area contributed by atoms with Crippen molar-refractivity contribution in [3.8, 4) is 5.75 Å². The van der Waals surface area contributed by atoms with Crippen LogP contribution < -0.4 is 10.1 Å². The number of rotatable bonds is 8. The number of carbonyl (C=O) groups is 1. The van der Waals surface area contributed by atoms with Crippen molar-refractivity contribution in [3.63, 3.8) is 0 Å². The Balaban J connectivity index is 1.86. The molecule has 0 radical (unpaired) electrons. The van der Waals surface area contributed by atoms with Gasteiger partial charge in [0.05, 0.1) is 0 Å². The maximum absolute atomic E-state index is 11.5. The fourth-order valence-electron chi connectivity index (χ4n) is 2.79. The molecular formula is C19H26N2O3. The Hall–Kier alpha value is -2.11. The van der Waals surface area contributed by atoms with E-state index in [1.54, 1.807) is 7.05 Å². The van der Waals surface area contributed by atoms with Crippen LogP contribution in [0, 0.1) is 5.92 Å². The van der Waals surface area contributed by atoms with Crippen LogP contribution in [0.5, 0.6) is 5.75 Å². The highest BCUT2D eigenvalue weighted by atomic mass is 16.5. The zero-order valence-corrected chi connectivity index (χ0v) is 14.5. The highest BCUT2D eigenvalue weighted by Crippen LogP contribution is 2.25. The van der Waals surface area contributed by atoms with E-state index in [1.165, 1.54) is 0 Å². The van der Waals surface area contributed by atoms with Crippen LogP contribution in [0.25, 0.3) is 10.8 Å². The van der Waals surface area contributed by atoms with Gasteiger partial charge in [-0.05, 0) is 18.5 Å². The van der Waals surface area contributed by atoms with Gasteiger partial charge in [-0.25, -0.2) is 0 Å². The summed E-state index contributed by atoms with van der Waals surface area (Å²) in [5.74, 6) is 0.656. The van der Waals surface area contributed by atoms with Crippen molar-refractivity contribution >= 4 is 16.7 Å². The molecule has 0 saturated carbocycles. The Labute approximate surface area is 143 Å². The minimum atomic E-state index is -0.620. The summed E-state index contributed by atoms with van der Waals surface area (Å²) in [4.78, 5) is 13.5. The van der Waals surface area contributed by atoms with Crippen LogP contribution in [0.2, 0.25) is 0 Å². The quantitative estimate of drug-likeness (QED) is 0.776. The molecule has 2 aromatic carbocycles. The smallest absolute Gasteiger partial charge is 0.223 e. The summed E-state index contributed by atoms with van der Waals surface area (Å²) in [7, 11) is 3.52. The number of likely N-dealkylation sites (N-methyl/N-ethyl adjacent to an activating group) is 1. The van der Waals surface area contributed by atoms with Crippen LogP contribution in [0.3, 0.4) is 0 Å². The molecule has 0 aliphatic heterocycles. The van der Waals surface area contributed by atoms with E-state index in [-0.39, 0.29) is 18.4 Å². The molecule has 2 atom stereocenters. The molecule has 2 aromatic rings. The molecule has 0 aliphatic carbocycles. The van der Waals surface area contributed by atoms with Crippen LogP contribution in [0.1, 0.15) is 6.92 Å². The van der Waals surface area contributed by atoms with Crippen LogP contribution in [-0.2, 0) is 4.79 Å². The lowest BCUT2D eigenvalue weighted by Crippen LogP contribution is -2.39. The lowest BCUT2D eigenvalue weighted by atomic mass is 10.1. The van der Waals surface area contributed by atoms with Crippen molar-refractivity contribution in [1.29, 1.82) is 0 Å². The van der Waals surface area contributed by atoms with Gasteiger partial charge in [-0.3, -0.25) is 4.79 Å². The van der Waals surface area contributed by atoms with Crippen molar-refractivity contribution in [3.05, 3.63) is 42.5 Å². The third-order valence-electron chi connectivity index (χ3n) is 3.98. The van der Waals surface area contributed by atoms with Crippen molar-refractivity contribution in [2.45, 2.75) is 13.0 Å². The van der Waals surface area contributed by atoms with E-state index in [2.05, 4.69) is 5.32 Å². The molecule has 130 valence electrons. The van der Waals surface area contributed by atoms with E-state index in [9.17, 15) is 9.90 Å². The van der Waals surface area contributed by atoms with Crippen LogP contribution in [-0.4, -0.2) is 55.8 Å². The number of hydrogen-bond acceptors (Lipinski definition) is 4. The lowest BCUT2D eigenvalue weighted by molar-refractivity contribution is -0.124. The van der Waals surface area contributed by atoms with E-state index in [4.69, 9.17) is 4.74 Å². The number of nitrogens with one attached hydrogen (secondary N) is 1. The van der Waals surface area contributed by atoms with Crippen molar-refractivity contribution in [2.24, 2.45) is 5.92 Å². The number of aliphatic hydroxyl groups is 1. The molecule has 0 spiro atoms. The Bertz CT molecular complexity index is 669. The maximum Gasteiger partial charge on any atom is 0.223 e. The number of carbonyl (C=O) groups excluding carboxylic acids is 1. The minimum Gasteiger partial charge on any atom is -0.490 e. The molecule has 1 amide bonds. The highest BCUT2D eigenvalue weighted by Gasteiger charge is 2.16. The van der Waals surface area contributed by atoms with Gasteiger partial charge in [-0.15, -0.1) is 0 Å². The first-order valence-corrected chi connectivity index (χ1v) is 8.20. The van der Waals surface area contributed by atoms with Crippen molar-refractivity contribution in [2.75, 3.05) is 33.8 Å². The van der Waals surface area contributed by atoms with Crippen molar-refractivity contribution < 1.29 is 14.6 Å². The van der Waals surface area contributed by atoms with E-state index in [1.807, 2.05) is 61.3 Å². The largest absolute Gasteiger partial charge is 0.490 e. The van der Waals surface area contributed by atoms with Gasteiger partial charge < -0.3 is 20.1 Å². The molecule has 0 aliphatic rings. The summed E-state index contributed by atoms with van der Waals surface area (Å²) < 4.78 is 5.80. The third-order valence-corrected chi connectivity index (χ3v) is 3.98. The maximum atomic E-state index is 11.5. The first-order chi connectivity index (χ1) is 11.5. The van der Waals surface area contributed by atoms with Crippen molar-refractivity contribution in [1.82, 2.24) is 10.2 Å². The first-order valence-electron chi connectivity index (χ1n) is 8.20. The summed E-state index contributed by atoms with van der Waals surface area (Å²) in [5.41, 5.74) is 0. The summed E-state index contributed by atoms with van der Waals surface area (Å²) in [6.07, 6.45) is -0.620. The number of fused-ring (bicyclic) bond motifs is 1. The highest BCUT2D eigenvalue weighted by molar-refractivity contribution is 5.88. The Morgan fingerprint density at radius 1 is 1.21 bits per heavy atom. The number of ether oxygens (including phenoxy) is 1. The van der Waals surface area contributed by atoms with E-state index >= 15 is 0 Å². The van der Waals surface area contributed by atoms with E-state index in [0.717, 1.165) is 16.5 Å². The van der Waals surface area contributed by atoms with Gasteiger partial charge in [0, 0.05) is 31.4 Å². The van der Waals surface area contributed by atoms with E-state index in [0.29, 0.717) is 13.1 Å². The molecule has 5 nitrogen and oxygen atoms in total. The average Bonchev–Trinajstić information content (AvgIpc) is 2.58. The fraction of sp³-hybridized carbons (Fsp3) is 0.421. The molecular weight excluding hydrogens is 304 g/mol. The Kier molecular flexibility index (Phi) is 6.58. The van der Waals surface area contributed by atoms with Gasteiger partial charge >= 0.3 is 0 Å². The van der Waals surface area contributed by atoms with Gasteiger partial charge in [0.15, 0.2) is 0 Å². The molecule has 0 fully saturated rings. The van der Waals surface area contributed by atoms with Crippen LogP contribution in [0.4, 0.5) is 0 Å². The summed E-state index contributed by atoms with van der Waals surface area (Å²) in [6.45, 7) is 3.12. The second-order valence-electron chi connectivity index (χ2n) is 6.18. The van der Waals surface area contributed by atoms with Crippen LogP contribution >= 0.6 is 0 Å². The minimum absolute atomic E-state index is 0.00310.